The van der Waals surface area contributed by atoms with Crippen LogP contribution in [0.15, 0.2) is 72.8 Å². The maximum absolute atomic E-state index is 13.2. The number of aldehydes is 1. The molecule has 0 aromatic heterocycles. The lowest BCUT2D eigenvalue weighted by Crippen LogP contribution is -2.41. The van der Waals surface area contributed by atoms with Gasteiger partial charge in [-0.15, -0.1) is 0 Å². The van der Waals surface area contributed by atoms with E-state index < -0.39 is 11.3 Å². The summed E-state index contributed by atoms with van der Waals surface area (Å²) in [6.45, 7) is 0. The van der Waals surface area contributed by atoms with E-state index >= 15 is 0 Å². The monoisotopic (exact) mass is 465 g/mol. The molecule has 2 N–H and O–H groups in total. The fraction of sp³-hybridized carbons (Fsp3) is 0.154. The van der Waals surface area contributed by atoms with Crippen molar-refractivity contribution in [1.82, 2.24) is 0 Å². The Balaban J connectivity index is 2.09. The molecule has 4 nitrogen and oxygen atoms in total. The molecule has 0 bridgehead atoms. The Morgan fingerprint density at radius 1 is 1.03 bits per heavy atom. The molecule has 0 unspecified atom stereocenters. The molecule has 2 atom stereocenters. The maximum atomic E-state index is 13.2. The van der Waals surface area contributed by atoms with Crippen molar-refractivity contribution in [1.29, 1.82) is 0 Å². The topological polar surface area (TPSA) is 69.4 Å². The molecule has 6 heteroatoms. The number of hydrogen-bond acceptors (Lipinski definition) is 4. The van der Waals surface area contributed by atoms with Gasteiger partial charge in [0.1, 0.15) is 12.0 Å². The van der Waals surface area contributed by atoms with Crippen LogP contribution in [0.5, 0.6) is 5.75 Å². The second-order valence-corrected chi connectivity index (χ2v) is 8.63. The minimum absolute atomic E-state index is 0.0964. The van der Waals surface area contributed by atoms with Crippen LogP contribution in [0.3, 0.4) is 0 Å². The number of carbonyl (C=O) groups excluding carboxylic acids is 2. The quantitative estimate of drug-likeness (QED) is 0.378. The fourth-order valence-corrected chi connectivity index (χ4v) is 4.99. The van der Waals surface area contributed by atoms with Crippen LogP contribution in [0.25, 0.3) is 5.57 Å². The number of methoxy groups -OCH3 is 1. The molecular weight excluding hydrogens is 445 g/mol. The molecule has 32 heavy (non-hydrogen) atoms. The summed E-state index contributed by atoms with van der Waals surface area (Å²) in [5, 5.41) is 0.980. The third-order valence-corrected chi connectivity index (χ3v) is 6.47. The van der Waals surface area contributed by atoms with Gasteiger partial charge in [0.25, 0.3) is 0 Å². The number of nitrogens with two attached hydrogens (primary N) is 1. The molecule has 162 valence electrons. The average Bonchev–Trinajstić information content (AvgIpc) is 2.79. The Morgan fingerprint density at radius 3 is 2.47 bits per heavy atom. The number of rotatable bonds is 5. The average molecular weight is 466 g/mol. The van der Waals surface area contributed by atoms with E-state index in [0.29, 0.717) is 38.2 Å². The van der Waals surface area contributed by atoms with Gasteiger partial charge < -0.3 is 15.3 Å². The van der Waals surface area contributed by atoms with E-state index in [0.717, 1.165) is 11.8 Å². The highest BCUT2D eigenvalue weighted by molar-refractivity contribution is 6.31. The molecular formula is C26H21Cl2NO3. The number of halogens is 2. The number of ketones is 1. The predicted octanol–water partition coefficient (Wildman–Crippen LogP) is 5.86. The highest BCUT2D eigenvalue weighted by atomic mass is 35.5. The van der Waals surface area contributed by atoms with Crippen LogP contribution >= 0.6 is 23.2 Å². The van der Waals surface area contributed by atoms with Crippen molar-refractivity contribution in [2.75, 3.05) is 12.8 Å². The number of allylic oxidation sites excluding steroid dienone is 2. The Hall–Kier alpha value is -3.08. The van der Waals surface area contributed by atoms with Gasteiger partial charge in [0.15, 0.2) is 5.78 Å². The van der Waals surface area contributed by atoms with Gasteiger partial charge in [-0.1, -0.05) is 59.6 Å². The molecule has 0 amide bonds. The lowest BCUT2D eigenvalue weighted by molar-refractivity contribution is -0.116. The minimum atomic E-state index is -1.26. The normalized spacial score (nSPS) is 20.5. The first-order valence-electron chi connectivity index (χ1n) is 10.1. The van der Waals surface area contributed by atoms with Gasteiger partial charge in [-0.05, 0) is 53.1 Å². The van der Waals surface area contributed by atoms with Crippen molar-refractivity contribution >= 4 is 46.5 Å². The summed E-state index contributed by atoms with van der Waals surface area (Å²) in [6.07, 6.45) is 2.53. The van der Waals surface area contributed by atoms with Gasteiger partial charge >= 0.3 is 0 Å². The van der Waals surface area contributed by atoms with Gasteiger partial charge in [-0.3, -0.25) is 4.79 Å². The number of anilines is 1. The lowest BCUT2D eigenvalue weighted by atomic mass is 9.58. The van der Waals surface area contributed by atoms with E-state index in [4.69, 9.17) is 33.7 Å². The van der Waals surface area contributed by atoms with Crippen molar-refractivity contribution in [2.24, 2.45) is 0 Å². The molecule has 1 aliphatic rings. The second kappa shape index (κ2) is 8.81. The van der Waals surface area contributed by atoms with Gasteiger partial charge in [-0.25, -0.2) is 0 Å². The minimum Gasteiger partial charge on any atom is -0.496 e. The van der Waals surface area contributed by atoms with Crippen LogP contribution in [0, 0.1) is 0 Å². The molecule has 3 aromatic carbocycles. The zero-order valence-corrected chi connectivity index (χ0v) is 18.9. The predicted molar refractivity (Wildman–Crippen MR) is 128 cm³/mol. The molecule has 0 aliphatic heterocycles. The molecule has 0 saturated heterocycles. The van der Waals surface area contributed by atoms with Crippen LogP contribution in [0.1, 0.15) is 29.0 Å². The SMILES string of the molecule is COc1ccccc1C1=CC(=O)C[C@@H](c2cccc(Cl)c2)[C@@]1(C=O)c1ccc(Cl)cc1N. The Labute approximate surface area is 196 Å². The molecule has 0 saturated carbocycles. The van der Waals surface area contributed by atoms with Crippen molar-refractivity contribution < 1.29 is 14.3 Å². The van der Waals surface area contributed by atoms with Crippen LogP contribution in [0.4, 0.5) is 5.69 Å². The summed E-state index contributed by atoms with van der Waals surface area (Å²) in [6, 6.07) is 19.6. The molecule has 0 radical (unpaired) electrons. The van der Waals surface area contributed by atoms with Crippen LogP contribution in [-0.2, 0) is 15.0 Å². The van der Waals surface area contributed by atoms with Crippen molar-refractivity contribution in [3.63, 3.8) is 0 Å². The summed E-state index contributed by atoms with van der Waals surface area (Å²) in [5.41, 5.74) is 8.05. The first kappa shape index (κ1) is 22.1. The summed E-state index contributed by atoms with van der Waals surface area (Å²) < 4.78 is 5.58. The van der Waals surface area contributed by atoms with Gasteiger partial charge in [0.05, 0.1) is 12.5 Å². The van der Waals surface area contributed by atoms with Crippen molar-refractivity contribution in [3.8, 4) is 5.75 Å². The number of para-hydroxylation sites is 1. The van der Waals surface area contributed by atoms with Crippen LogP contribution in [-0.4, -0.2) is 19.2 Å². The van der Waals surface area contributed by atoms with E-state index in [1.807, 2.05) is 30.3 Å². The van der Waals surface area contributed by atoms with Gasteiger partial charge in [0, 0.05) is 33.6 Å². The summed E-state index contributed by atoms with van der Waals surface area (Å²) in [4.78, 5) is 26.1. The van der Waals surface area contributed by atoms with Crippen LogP contribution < -0.4 is 10.5 Å². The zero-order chi connectivity index (χ0) is 22.9. The molecule has 0 heterocycles. The first-order valence-corrected chi connectivity index (χ1v) is 10.8. The van der Waals surface area contributed by atoms with E-state index in [1.54, 1.807) is 43.5 Å². The Morgan fingerprint density at radius 2 is 1.78 bits per heavy atom. The smallest absolute Gasteiger partial charge is 0.156 e. The maximum Gasteiger partial charge on any atom is 0.156 e. The molecule has 3 aromatic rings. The number of benzene rings is 3. The van der Waals surface area contributed by atoms with E-state index in [9.17, 15) is 9.59 Å². The number of hydrogen-bond donors (Lipinski definition) is 1. The number of carbonyl (C=O) groups is 2. The Kier molecular flexibility index (Phi) is 6.09. The Bertz CT molecular complexity index is 1240. The van der Waals surface area contributed by atoms with Gasteiger partial charge in [0.2, 0.25) is 0 Å². The first-order chi connectivity index (χ1) is 15.4. The third kappa shape index (κ3) is 3.70. The largest absolute Gasteiger partial charge is 0.496 e. The van der Waals surface area contributed by atoms with E-state index in [-0.39, 0.29) is 12.2 Å². The molecule has 4 rings (SSSR count). The highest BCUT2D eigenvalue weighted by Gasteiger charge is 2.50. The van der Waals surface area contributed by atoms with Gasteiger partial charge in [-0.2, -0.15) is 0 Å². The summed E-state index contributed by atoms with van der Waals surface area (Å²) in [5.74, 6) is -0.0717. The molecule has 0 spiro atoms. The van der Waals surface area contributed by atoms with Crippen LogP contribution in [0.2, 0.25) is 10.0 Å². The van der Waals surface area contributed by atoms with Crippen molar-refractivity contribution in [3.05, 3.63) is 99.5 Å². The zero-order valence-electron chi connectivity index (χ0n) is 17.3. The van der Waals surface area contributed by atoms with E-state index in [1.165, 1.54) is 6.08 Å². The highest BCUT2D eigenvalue weighted by Crippen LogP contribution is 2.54. The summed E-state index contributed by atoms with van der Waals surface area (Å²) in [7, 11) is 1.55. The lowest BCUT2D eigenvalue weighted by Gasteiger charge is -2.42. The van der Waals surface area contributed by atoms with Crippen molar-refractivity contribution in [2.45, 2.75) is 17.8 Å². The van der Waals surface area contributed by atoms with E-state index in [2.05, 4.69) is 0 Å². The number of ether oxygens (including phenoxy) is 1. The number of nitrogen functional groups attached to an aromatic ring is 1. The third-order valence-electron chi connectivity index (χ3n) is 6.00. The second-order valence-electron chi connectivity index (χ2n) is 7.75. The summed E-state index contributed by atoms with van der Waals surface area (Å²) >= 11 is 12.5. The fourth-order valence-electron chi connectivity index (χ4n) is 4.61. The molecule has 1 aliphatic carbocycles. The molecule has 0 fully saturated rings. The standard InChI is InChI=1S/C26H21Cl2NO3/c1-32-25-8-3-2-7-20(25)23-14-19(31)13-22(16-5-4-6-17(27)11-16)26(23,15-30)21-10-9-18(28)12-24(21)29/h2-12,14-15,22H,13,29H2,1H3/t22-,26+/m0/s1.